The van der Waals surface area contributed by atoms with E-state index in [4.69, 9.17) is 0 Å². The zero-order chi connectivity index (χ0) is 19.4. The van der Waals surface area contributed by atoms with Crippen LogP contribution in [0.25, 0.3) is 5.65 Å². The van der Waals surface area contributed by atoms with Gasteiger partial charge in [-0.3, -0.25) is 9.59 Å². The summed E-state index contributed by atoms with van der Waals surface area (Å²) in [5, 5.41) is 5.13. The number of benzene rings is 1. The van der Waals surface area contributed by atoms with E-state index in [1.54, 1.807) is 12.4 Å². The highest BCUT2D eigenvalue weighted by molar-refractivity contribution is 5.79. The van der Waals surface area contributed by atoms with Crippen molar-refractivity contribution in [2.24, 2.45) is 0 Å². The molecule has 2 heterocycles. The van der Waals surface area contributed by atoms with E-state index in [0.717, 1.165) is 23.3 Å². The van der Waals surface area contributed by atoms with Crippen molar-refractivity contribution in [3.05, 3.63) is 71.7 Å². The third-order valence-corrected chi connectivity index (χ3v) is 4.07. The number of nitrogens with one attached hydrogen (secondary N) is 2. The Bertz CT molecular complexity index is 967. The molecule has 27 heavy (non-hydrogen) atoms. The molecule has 8 heteroatoms. The average Bonchev–Trinajstić information content (AvgIpc) is 3.07. The maximum Gasteiger partial charge on any atom is 0.222 e. The fourth-order valence-corrected chi connectivity index (χ4v) is 2.83. The van der Waals surface area contributed by atoms with Gasteiger partial charge in [-0.25, -0.2) is 13.8 Å². The minimum atomic E-state index is -1.10. The Morgan fingerprint density at radius 2 is 1.93 bits per heavy atom. The number of hydrogen-bond donors (Lipinski definition) is 2. The topological polar surface area (TPSA) is 75.5 Å². The molecule has 0 saturated carbocycles. The monoisotopic (exact) mass is 372 g/mol. The second-order valence-corrected chi connectivity index (χ2v) is 6.10. The lowest BCUT2D eigenvalue weighted by Gasteiger charge is -2.19. The first-order valence-corrected chi connectivity index (χ1v) is 8.33. The van der Waals surface area contributed by atoms with Gasteiger partial charge in [0.05, 0.1) is 12.5 Å². The van der Waals surface area contributed by atoms with Gasteiger partial charge in [-0.1, -0.05) is 6.07 Å². The number of nitrogens with zero attached hydrogens (tertiary/aromatic N) is 2. The number of fused-ring (bicyclic) bond motifs is 1. The van der Waals surface area contributed by atoms with Crippen molar-refractivity contribution in [3.63, 3.8) is 0 Å². The average molecular weight is 372 g/mol. The van der Waals surface area contributed by atoms with Crippen molar-refractivity contribution in [2.75, 3.05) is 0 Å². The van der Waals surface area contributed by atoms with E-state index < -0.39 is 29.5 Å². The molecule has 0 saturated heterocycles. The SMILES string of the molecule is CC(=O)NC(CC(=O)NCc1ccn2ccnc2c1)c1c(F)cccc1F. The molecular formula is C19H18F2N4O2. The van der Waals surface area contributed by atoms with Crippen LogP contribution in [0.15, 0.2) is 48.9 Å². The van der Waals surface area contributed by atoms with E-state index in [-0.39, 0.29) is 18.5 Å². The van der Waals surface area contributed by atoms with Gasteiger partial charge in [-0.05, 0) is 29.8 Å². The minimum absolute atomic E-state index is 0.231. The number of hydrogen-bond acceptors (Lipinski definition) is 3. The van der Waals surface area contributed by atoms with E-state index in [2.05, 4.69) is 15.6 Å². The number of carbonyl (C=O) groups excluding carboxylic acids is 2. The summed E-state index contributed by atoms with van der Waals surface area (Å²) < 4.78 is 29.9. The summed E-state index contributed by atoms with van der Waals surface area (Å²) >= 11 is 0. The summed E-state index contributed by atoms with van der Waals surface area (Å²) in [6, 6.07) is 5.96. The van der Waals surface area contributed by atoms with E-state index in [1.807, 2.05) is 22.7 Å². The quantitative estimate of drug-likeness (QED) is 0.698. The molecular weight excluding hydrogens is 354 g/mol. The summed E-state index contributed by atoms with van der Waals surface area (Å²) in [4.78, 5) is 27.9. The first-order valence-electron chi connectivity index (χ1n) is 8.33. The fourth-order valence-electron chi connectivity index (χ4n) is 2.83. The van der Waals surface area contributed by atoms with Crippen LogP contribution in [-0.4, -0.2) is 21.2 Å². The van der Waals surface area contributed by atoms with E-state index >= 15 is 0 Å². The number of aromatic nitrogens is 2. The van der Waals surface area contributed by atoms with Gasteiger partial charge in [-0.2, -0.15) is 0 Å². The molecule has 1 atom stereocenters. The first-order chi connectivity index (χ1) is 12.9. The minimum Gasteiger partial charge on any atom is -0.352 e. The molecule has 0 aliphatic rings. The number of imidazole rings is 1. The summed E-state index contributed by atoms with van der Waals surface area (Å²) in [5.41, 5.74) is 1.24. The lowest BCUT2D eigenvalue weighted by atomic mass is 10.0. The predicted molar refractivity (Wildman–Crippen MR) is 94.6 cm³/mol. The Balaban J connectivity index is 1.69. The van der Waals surface area contributed by atoms with Crippen LogP contribution >= 0.6 is 0 Å². The summed E-state index contributed by atoms with van der Waals surface area (Å²) in [7, 11) is 0. The highest BCUT2D eigenvalue weighted by Crippen LogP contribution is 2.23. The zero-order valence-corrected chi connectivity index (χ0v) is 14.6. The molecule has 3 rings (SSSR count). The molecule has 0 aliphatic carbocycles. The third kappa shape index (κ3) is 4.46. The van der Waals surface area contributed by atoms with Crippen molar-refractivity contribution in [1.82, 2.24) is 20.0 Å². The van der Waals surface area contributed by atoms with Crippen LogP contribution in [-0.2, 0) is 16.1 Å². The van der Waals surface area contributed by atoms with Gasteiger partial charge < -0.3 is 15.0 Å². The summed E-state index contributed by atoms with van der Waals surface area (Å²) in [6.45, 7) is 1.46. The second-order valence-electron chi connectivity index (χ2n) is 6.10. The maximum atomic E-state index is 14.0. The molecule has 2 N–H and O–H groups in total. The molecule has 0 bridgehead atoms. The highest BCUT2D eigenvalue weighted by atomic mass is 19.1. The standard InChI is InChI=1S/C19H18F2N4O2/c1-12(26)24-16(19-14(20)3-2-4-15(19)21)10-18(27)23-11-13-5-7-25-8-6-22-17(25)9-13/h2-9,16H,10-11H2,1H3,(H,23,27)(H,24,26). The van der Waals surface area contributed by atoms with Crippen molar-refractivity contribution in [3.8, 4) is 0 Å². The number of halogens is 2. The van der Waals surface area contributed by atoms with Gasteiger partial charge in [0.2, 0.25) is 11.8 Å². The van der Waals surface area contributed by atoms with Gasteiger partial charge in [-0.15, -0.1) is 0 Å². The molecule has 0 fully saturated rings. The fraction of sp³-hybridized carbons (Fsp3) is 0.211. The Hall–Kier alpha value is -3.29. The second kappa shape index (κ2) is 7.94. The Morgan fingerprint density at radius 1 is 1.19 bits per heavy atom. The van der Waals surface area contributed by atoms with Gasteiger partial charge in [0.25, 0.3) is 0 Å². The number of amides is 2. The number of carbonyl (C=O) groups is 2. The van der Waals surface area contributed by atoms with Crippen molar-refractivity contribution in [2.45, 2.75) is 25.9 Å². The Morgan fingerprint density at radius 3 is 2.63 bits per heavy atom. The molecule has 2 aromatic heterocycles. The highest BCUT2D eigenvalue weighted by Gasteiger charge is 2.23. The van der Waals surface area contributed by atoms with Crippen LogP contribution in [0.1, 0.15) is 30.5 Å². The van der Waals surface area contributed by atoms with Crippen LogP contribution in [0.5, 0.6) is 0 Å². The van der Waals surface area contributed by atoms with Gasteiger partial charge in [0, 0.05) is 37.6 Å². The lowest BCUT2D eigenvalue weighted by Crippen LogP contribution is -2.33. The number of pyridine rings is 1. The van der Waals surface area contributed by atoms with Crippen molar-refractivity contribution < 1.29 is 18.4 Å². The molecule has 2 amide bonds. The lowest BCUT2D eigenvalue weighted by molar-refractivity contribution is -0.123. The maximum absolute atomic E-state index is 14.0. The molecule has 0 radical (unpaired) electrons. The first kappa shape index (κ1) is 18.5. The smallest absolute Gasteiger partial charge is 0.222 e. The van der Waals surface area contributed by atoms with Crippen LogP contribution < -0.4 is 10.6 Å². The van der Waals surface area contributed by atoms with Gasteiger partial charge in [0.15, 0.2) is 0 Å². The molecule has 1 unspecified atom stereocenters. The van der Waals surface area contributed by atoms with Gasteiger partial charge >= 0.3 is 0 Å². The summed E-state index contributed by atoms with van der Waals surface area (Å²) in [5.74, 6) is -2.56. The van der Waals surface area contributed by atoms with E-state index in [9.17, 15) is 18.4 Å². The van der Waals surface area contributed by atoms with Crippen LogP contribution in [0.3, 0.4) is 0 Å². The Labute approximate surface area is 154 Å². The Kier molecular flexibility index (Phi) is 5.44. The van der Waals surface area contributed by atoms with Crippen LogP contribution in [0, 0.1) is 11.6 Å². The van der Waals surface area contributed by atoms with Crippen LogP contribution in [0.2, 0.25) is 0 Å². The zero-order valence-electron chi connectivity index (χ0n) is 14.6. The van der Waals surface area contributed by atoms with Crippen LogP contribution in [0.4, 0.5) is 8.78 Å². The predicted octanol–water partition coefficient (Wildman–Crippen LogP) is 2.50. The summed E-state index contributed by atoms with van der Waals surface area (Å²) in [6.07, 6.45) is 5.00. The van der Waals surface area contributed by atoms with Crippen molar-refractivity contribution in [1.29, 1.82) is 0 Å². The molecule has 6 nitrogen and oxygen atoms in total. The largest absolute Gasteiger partial charge is 0.352 e. The molecule has 140 valence electrons. The van der Waals surface area contributed by atoms with E-state index in [0.29, 0.717) is 0 Å². The third-order valence-electron chi connectivity index (χ3n) is 4.07. The molecule has 1 aromatic carbocycles. The molecule has 3 aromatic rings. The van der Waals surface area contributed by atoms with Gasteiger partial charge in [0.1, 0.15) is 17.3 Å². The molecule has 0 aliphatic heterocycles. The van der Waals surface area contributed by atoms with E-state index in [1.165, 1.54) is 13.0 Å². The van der Waals surface area contributed by atoms with Crippen molar-refractivity contribution >= 4 is 17.5 Å². The number of rotatable bonds is 6. The molecule has 0 spiro atoms. The normalized spacial score (nSPS) is 12.0.